The van der Waals surface area contributed by atoms with Crippen LogP contribution in [0.3, 0.4) is 0 Å². The molecular formula is C19H26F3N3O3. The Labute approximate surface area is 162 Å². The number of guanidine groups is 1. The van der Waals surface area contributed by atoms with Crippen LogP contribution in [0.4, 0.5) is 13.2 Å². The SMILES string of the molecule is CCNC(=NCCc1ccc(OC(F)(F)F)cc1)N1CCC(C(=O)OC)CC1. The molecule has 0 atom stereocenters. The lowest BCUT2D eigenvalue weighted by Gasteiger charge is -2.33. The third-order valence-corrected chi connectivity index (χ3v) is 4.48. The van der Waals surface area contributed by atoms with Gasteiger partial charge in [-0.25, -0.2) is 0 Å². The average molecular weight is 401 g/mol. The maximum Gasteiger partial charge on any atom is 0.573 e. The van der Waals surface area contributed by atoms with E-state index in [1.807, 2.05) is 6.92 Å². The Morgan fingerprint density at radius 3 is 2.43 bits per heavy atom. The highest BCUT2D eigenvalue weighted by Crippen LogP contribution is 2.23. The minimum atomic E-state index is -4.69. The molecule has 1 aliphatic rings. The molecular weight excluding hydrogens is 375 g/mol. The van der Waals surface area contributed by atoms with E-state index < -0.39 is 6.36 Å². The summed E-state index contributed by atoms with van der Waals surface area (Å²) in [5.74, 6) is 0.311. The van der Waals surface area contributed by atoms with Crippen molar-refractivity contribution in [2.24, 2.45) is 10.9 Å². The summed E-state index contributed by atoms with van der Waals surface area (Å²) in [5.41, 5.74) is 0.874. The Balaban J connectivity index is 1.88. The first-order chi connectivity index (χ1) is 13.3. The molecule has 0 aromatic heterocycles. The summed E-state index contributed by atoms with van der Waals surface area (Å²) in [5, 5.41) is 3.25. The summed E-state index contributed by atoms with van der Waals surface area (Å²) >= 11 is 0. The molecule has 9 heteroatoms. The first-order valence-electron chi connectivity index (χ1n) is 9.28. The molecule has 0 aliphatic carbocycles. The van der Waals surface area contributed by atoms with E-state index in [9.17, 15) is 18.0 Å². The van der Waals surface area contributed by atoms with Crippen LogP contribution in [0, 0.1) is 5.92 Å². The van der Waals surface area contributed by atoms with Gasteiger partial charge in [0.1, 0.15) is 5.75 Å². The van der Waals surface area contributed by atoms with Gasteiger partial charge in [-0.15, -0.1) is 13.2 Å². The van der Waals surface area contributed by atoms with Crippen molar-refractivity contribution < 1.29 is 27.4 Å². The number of hydrogen-bond donors (Lipinski definition) is 1. The molecule has 6 nitrogen and oxygen atoms in total. The van der Waals surface area contributed by atoms with Gasteiger partial charge in [0, 0.05) is 26.2 Å². The number of carbonyl (C=O) groups excluding carboxylic acids is 1. The molecule has 1 heterocycles. The lowest BCUT2D eigenvalue weighted by molar-refractivity contribution is -0.274. The third-order valence-electron chi connectivity index (χ3n) is 4.48. The minimum absolute atomic E-state index is 0.0680. The number of benzene rings is 1. The number of hydrogen-bond acceptors (Lipinski definition) is 4. The molecule has 0 amide bonds. The molecule has 0 saturated carbocycles. The zero-order valence-electron chi connectivity index (χ0n) is 16.1. The van der Waals surface area contributed by atoms with Gasteiger partial charge in [-0.3, -0.25) is 9.79 Å². The van der Waals surface area contributed by atoms with Crippen LogP contribution < -0.4 is 10.1 Å². The van der Waals surface area contributed by atoms with Crippen molar-refractivity contribution in [3.05, 3.63) is 29.8 Å². The number of alkyl halides is 3. The Bertz CT molecular complexity index is 655. The lowest BCUT2D eigenvalue weighted by Crippen LogP contribution is -2.46. The average Bonchev–Trinajstić information content (AvgIpc) is 2.67. The Hall–Kier alpha value is -2.45. The molecule has 1 aromatic carbocycles. The molecule has 2 rings (SSSR count). The van der Waals surface area contributed by atoms with Gasteiger partial charge >= 0.3 is 12.3 Å². The van der Waals surface area contributed by atoms with Crippen LogP contribution in [0.1, 0.15) is 25.3 Å². The van der Waals surface area contributed by atoms with E-state index in [4.69, 9.17) is 4.74 Å². The van der Waals surface area contributed by atoms with Gasteiger partial charge < -0.3 is 19.7 Å². The highest BCUT2D eigenvalue weighted by atomic mass is 19.4. The van der Waals surface area contributed by atoms with E-state index in [0.717, 1.165) is 44.0 Å². The van der Waals surface area contributed by atoms with Crippen LogP contribution in [-0.2, 0) is 16.0 Å². The molecule has 1 aromatic rings. The number of esters is 1. The summed E-state index contributed by atoms with van der Waals surface area (Å²) in [6, 6.07) is 5.81. The van der Waals surface area contributed by atoms with Crippen molar-refractivity contribution in [1.82, 2.24) is 10.2 Å². The maximum absolute atomic E-state index is 12.2. The molecule has 1 fully saturated rings. The fourth-order valence-electron chi connectivity index (χ4n) is 3.07. The van der Waals surface area contributed by atoms with Crippen LogP contribution in [0.25, 0.3) is 0 Å². The van der Waals surface area contributed by atoms with Crippen molar-refractivity contribution >= 4 is 11.9 Å². The van der Waals surface area contributed by atoms with Gasteiger partial charge in [-0.1, -0.05) is 12.1 Å². The Morgan fingerprint density at radius 2 is 1.89 bits per heavy atom. The highest BCUT2D eigenvalue weighted by molar-refractivity contribution is 5.80. The number of methoxy groups -OCH3 is 1. The quantitative estimate of drug-likeness (QED) is 0.451. The third kappa shape index (κ3) is 6.94. The summed E-state index contributed by atoms with van der Waals surface area (Å²) in [6.07, 6.45) is -2.65. The number of ether oxygens (including phenoxy) is 2. The van der Waals surface area contributed by atoms with Crippen LogP contribution in [-0.4, -0.2) is 56.5 Å². The second-order valence-corrected chi connectivity index (χ2v) is 6.46. The largest absolute Gasteiger partial charge is 0.573 e. The molecule has 0 radical (unpaired) electrons. The first-order valence-corrected chi connectivity index (χ1v) is 9.28. The van der Waals surface area contributed by atoms with E-state index in [1.165, 1.54) is 19.2 Å². The van der Waals surface area contributed by atoms with Gasteiger partial charge in [0.25, 0.3) is 0 Å². The molecule has 0 bridgehead atoms. The number of nitrogens with one attached hydrogen (secondary N) is 1. The number of halogens is 3. The Morgan fingerprint density at radius 1 is 1.25 bits per heavy atom. The number of aliphatic imine (C=N–C) groups is 1. The summed E-state index contributed by atoms with van der Waals surface area (Å²) in [4.78, 5) is 18.4. The molecule has 28 heavy (non-hydrogen) atoms. The van der Waals surface area contributed by atoms with Crippen molar-refractivity contribution in [1.29, 1.82) is 0 Å². The standard InChI is InChI=1S/C19H26F3N3O3/c1-3-23-18(25-12-9-15(10-13-25)17(26)27-2)24-11-8-14-4-6-16(7-5-14)28-19(20,21)22/h4-7,15H,3,8-13H2,1-2H3,(H,23,24). The highest BCUT2D eigenvalue weighted by Gasteiger charge is 2.31. The van der Waals surface area contributed by atoms with Crippen molar-refractivity contribution in [3.63, 3.8) is 0 Å². The zero-order chi connectivity index (χ0) is 20.6. The summed E-state index contributed by atoms with van der Waals surface area (Å²) in [6.45, 7) is 4.64. The zero-order valence-corrected chi connectivity index (χ0v) is 16.1. The fourth-order valence-corrected chi connectivity index (χ4v) is 3.07. The number of rotatable bonds is 6. The lowest BCUT2D eigenvalue weighted by atomic mass is 9.97. The van der Waals surface area contributed by atoms with E-state index in [-0.39, 0.29) is 17.6 Å². The maximum atomic E-state index is 12.2. The van der Waals surface area contributed by atoms with Gasteiger partial charge in [0.15, 0.2) is 5.96 Å². The van der Waals surface area contributed by atoms with Crippen LogP contribution >= 0.6 is 0 Å². The predicted octanol–water partition coefficient (Wildman–Crippen LogP) is 2.98. The van der Waals surface area contributed by atoms with Gasteiger partial charge in [0.2, 0.25) is 0 Å². The van der Waals surface area contributed by atoms with Gasteiger partial charge in [-0.2, -0.15) is 0 Å². The minimum Gasteiger partial charge on any atom is -0.469 e. The molecule has 1 aliphatic heterocycles. The van der Waals surface area contributed by atoms with Crippen molar-refractivity contribution in [2.45, 2.75) is 32.5 Å². The molecule has 1 N–H and O–H groups in total. The number of piperidine rings is 1. The molecule has 156 valence electrons. The van der Waals surface area contributed by atoms with Crippen LogP contribution in [0.2, 0.25) is 0 Å². The number of nitrogens with zero attached hydrogens (tertiary/aromatic N) is 2. The first kappa shape index (κ1) is 21.8. The number of likely N-dealkylation sites (tertiary alicyclic amines) is 1. The van der Waals surface area contributed by atoms with E-state index in [1.54, 1.807) is 12.1 Å². The monoisotopic (exact) mass is 401 g/mol. The molecule has 1 saturated heterocycles. The van der Waals surface area contributed by atoms with Gasteiger partial charge in [-0.05, 0) is 43.9 Å². The molecule has 0 unspecified atom stereocenters. The van der Waals surface area contributed by atoms with Crippen molar-refractivity contribution in [2.75, 3.05) is 33.3 Å². The van der Waals surface area contributed by atoms with E-state index in [2.05, 4.69) is 19.9 Å². The second-order valence-electron chi connectivity index (χ2n) is 6.46. The van der Waals surface area contributed by atoms with E-state index >= 15 is 0 Å². The van der Waals surface area contributed by atoms with E-state index in [0.29, 0.717) is 13.0 Å². The van der Waals surface area contributed by atoms with Gasteiger partial charge in [0.05, 0.1) is 13.0 Å². The summed E-state index contributed by atoms with van der Waals surface area (Å²) < 4.78 is 45.3. The predicted molar refractivity (Wildman–Crippen MR) is 99.1 cm³/mol. The second kappa shape index (κ2) is 10.2. The summed E-state index contributed by atoms with van der Waals surface area (Å²) in [7, 11) is 1.40. The van der Waals surface area contributed by atoms with Crippen LogP contribution in [0.15, 0.2) is 29.3 Å². The topological polar surface area (TPSA) is 63.2 Å². The normalized spacial score (nSPS) is 16.0. The van der Waals surface area contributed by atoms with Crippen molar-refractivity contribution in [3.8, 4) is 5.75 Å². The van der Waals surface area contributed by atoms with Crippen LogP contribution in [0.5, 0.6) is 5.75 Å². The number of carbonyl (C=O) groups is 1. The smallest absolute Gasteiger partial charge is 0.469 e. The Kier molecular flexibility index (Phi) is 7.95. The molecule has 0 spiro atoms. The fraction of sp³-hybridized carbons (Fsp3) is 0.579.